The second-order valence-electron chi connectivity index (χ2n) is 7.62. The lowest BCUT2D eigenvalue weighted by Gasteiger charge is -2.37. The standard InChI is InChI=1S/C19H26N4O4S/c1-14(18(24)23-8-7-20-19(23)25)21-9-11-22(12-10-21)28(26,27)17-6-5-15-3-2-4-16(15)13-17/h5-6,13-14H,2-4,7-12H2,1H3,(H,20,25)/t14-/m1/s1. The Balaban J connectivity index is 1.40. The van der Waals surface area contributed by atoms with Crippen molar-refractivity contribution in [2.24, 2.45) is 0 Å². The van der Waals surface area contributed by atoms with Crippen molar-refractivity contribution >= 4 is 22.0 Å². The van der Waals surface area contributed by atoms with Gasteiger partial charge in [0.05, 0.1) is 10.9 Å². The van der Waals surface area contributed by atoms with Crippen LogP contribution in [0.3, 0.4) is 0 Å². The van der Waals surface area contributed by atoms with Crippen molar-refractivity contribution in [2.75, 3.05) is 39.3 Å². The van der Waals surface area contributed by atoms with Gasteiger partial charge in [0.1, 0.15) is 0 Å². The predicted molar refractivity (Wildman–Crippen MR) is 103 cm³/mol. The van der Waals surface area contributed by atoms with Gasteiger partial charge in [-0.25, -0.2) is 13.2 Å². The molecule has 3 amide bonds. The molecular formula is C19H26N4O4S. The Morgan fingerprint density at radius 3 is 2.46 bits per heavy atom. The smallest absolute Gasteiger partial charge is 0.324 e. The highest BCUT2D eigenvalue weighted by atomic mass is 32.2. The van der Waals surface area contributed by atoms with Crippen LogP contribution in [-0.2, 0) is 27.7 Å². The zero-order valence-electron chi connectivity index (χ0n) is 16.1. The molecule has 1 aromatic rings. The molecule has 8 nitrogen and oxygen atoms in total. The minimum atomic E-state index is -3.53. The predicted octanol–water partition coefficient (Wildman–Crippen LogP) is 0.422. The Morgan fingerprint density at radius 1 is 1.07 bits per heavy atom. The molecule has 28 heavy (non-hydrogen) atoms. The average molecular weight is 407 g/mol. The van der Waals surface area contributed by atoms with E-state index in [1.54, 1.807) is 13.0 Å². The van der Waals surface area contributed by atoms with Crippen molar-refractivity contribution in [1.82, 2.24) is 19.4 Å². The molecule has 2 saturated heterocycles. The molecule has 3 aliphatic rings. The van der Waals surface area contributed by atoms with E-state index >= 15 is 0 Å². The number of benzene rings is 1. The normalized spacial score (nSPS) is 22.2. The van der Waals surface area contributed by atoms with Crippen LogP contribution in [0.4, 0.5) is 4.79 Å². The Morgan fingerprint density at radius 2 is 1.79 bits per heavy atom. The number of piperazine rings is 1. The molecular weight excluding hydrogens is 380 g/mol. The minimum absolute atomic E-state index is 0.232. The average Bonchev–Trinajstić information content (AvgIpc) is 3.35. The molecule has 2 heterocycles. The van der Waals surface area contributed by atoms with Crippen molar-refractivity contribution in [3.8, 4) is 0 Å². The highest BCUT2D eigenvalue weighted by molar-refractivity contribution is 7.89. The number of amides is 3. The Kier molecular flexibility index (Phi) is 5.15. The first-order valence-corrected chi connectivity index (χ1v) is 11.3. The first kappa shape index (κ1) is 19.4. The molecule has 0 bridgehead atoms. The van der Waals surface area contributed by atoms with Crippen LogP contribution >= 0.6 is 0 Å². The highest BCUT2D eigenvalue weighted by Crippen LogP contribution is 2.27. The van der Waals surface area contributed by atoms with Crippen LogP contribution in [0, 0.1) is 0 Å². The maximum absolute atomic E-state index is 13.0. The SMILES string of the molecule is C[C@H](C(=O)N1CCNC1=O)N1CCN(S(=O)(=O)c2ccc3c(c2)CCC3)CC1. The van der Waals surface area contributed by atoms with Crippen molar-refractivity contribution in [1.29, 1.82) is 0 Å². The Hall–Kier alpha value is -1.97. The van der Waals surface area contributed by atoms with E-state index in [1.807, 2.05) is 17.0 Å². The fourth-order valence-electron chi connectivity index (χ4n) is 4.25. The Bertz CT molecular complexity index is 893. The molecule has 9 heteroatoms. The lowest BCUT2D eigenvalue weighted by Crippen LogP contribution is -2.55. The van der Waals surface area contributed by atoms with E-state index in [0.717, 1.165) is 24.8 Å². The number of hydrogen-bond acceptors (Lipinski definition) is 5. The van der Waals surface area contributed by atoms with Crippen LogP contribution in [-0.4, -0.2) is 79.8 Å². The number of nitrogens with one attached hydrogen (secondary N) is 1. The number of rotatable bonds is 4. The van der Waals surface area contributed by atoms with Gasteiger partial charge in [0.25, 0.3) is 0 Å². The van der Waals surface area contributed by atoms with Crippen LogP contribution in [0.2, 0.25) is 0 Å². The van der Waals surface area contributed by atoms with Gasteiger partial charge >= 0.3 is 6.03 Å². The summed E-state index contributed by atoms with van der Waals surface area (Å²) in [6.45, 7) is 4.24. The lowest BCUT2D eigenvalue weighted by molar-refractivity contribution is -0.133. The second-order valence-corrected chi connectivity index (χ2v) is 9.56. The summed E-state index contributed by atoms with van der Waals surface area (Å²) in [6.07, 6.45) is 3.05. The molecule has 1 atom stereocenters. The molecule has 1 aliphatic carbocycles. The number of sulfonamides is 1. The topological polar surface area (TPSA) is 90.0 Å². The number of carbonyl (C=O) groups is 2. The third kappa shape index (κ3) is 3.42. The monoisotopic (exact) mass is 406 g/mol. The lowest BCUT2D eigenvalue weighted by atomic mass is 10.1. The van der Waals surface area contributed by atoms with Crippen LogP contribution < -0.4 is 5.32 Å². The van der Waals surface area contributed by atoms with Crippen molar-refractivity contribution in [3.05, 3.63) is 29.3 Å². The van der Waals surface area contributed by atoms with Gasteiger partial charge in [-0.1, -0.05) is 6.07 Å². The summed E-state index contributed by atoms with van der Waals surface area (Å²) in [4.78, 5) is 27.8. The van der Waals surface area contributed by atoms with Crippen molar-refractivity contribution < 1.29 is 18.0 Å². The summed E-state index contributed by atoms with van der Waals surface area (Å²) in [5.41, 5.74) is 2.39. The van der Waals surface area contributed by atoms with Crippen LogP contribution in [0.1, 0.15) is 24.5 Å². The number of aryl methyl sites for hydroxylation is 2. The zero-order chi connectivity index (χ0) is 19.9. The molecule has 0 aromatic heterocycles. The molecule has 152 valence electrons. The molecule has 2 aliphatic heterocycles. The summed E-state index contributed by atoms with van der Waals surface area (Å²) in [5.74, 6) is -0.232. The van der Waals surface area contributed by atoms with Gasteiger partial charge in [-0.2, -0.15) is 4.31 Å². The number of nitrogens with zero attached hydrogens (tertiary/aromatic N) is 3. The largest absolute Gasteiger partial charge is 0.336 e. The fraction of sp³-hybridized carbons (Fsp3) is 0.579. The van der Waals surface area contributed by atoms with Crippen LogP contribution in [0.15, 0.2) is 23.1 Å². The zero-order valence-corrected chi connectivity index (χ0v) is 16.9. The van der Waals surface area contributed by atoms with Crippen molar-refractivity contribution in [3.63, 3.8) is 0 Å². The summed E-state index contributed by atoms with van der Waals surface area (Å²) < 4.78 is 27.6. The number of urea groups is 1. The number of hydrogen-bond donors (Lipinski definition) is 1. The minimum Gasteiger partial charge on any atom is -0.336 e. The fourth-order valence-corrected chi connectivity index (χ4v) is 5.73. The number of carbonyl (C=O) groups excluding carboxylic acids is 2. The van der Waals surface area contributed by atoms with Gasteiger partial charge in [0.2, 0.25) is 15.9 Å². The van der Waals surface area contributed by atoms with E-state index < -0.39 is 16.1 Å². The van der Waals surface area contributed by atoms with E-state index in [1.165, 1.54) is 14.8 Å². The maximum Gasteiger partial charge on any atom is 0.324 e. The van der Waals surface area contributed by atoms with Crippen molar-refractivity contribution in [2.45, 2.75) is 37.1 Å². The quantitative estimate of drug-likeness (QED) is 0.783. The van der Waals surface area contributed by atoms with Gasteiger partial charge < -0.3 is 5.32 Å². The maximum atomic E-state index is 13.0. The van der Waals surface area contributed by atoms with Gasteiger partial charge in [-0.05, 0) is 49.4 Å². The van der Waals surface area contributed by atoms with E-state index in [9.17, 15) is 18.0 Å². The third-order valence-corrected chi connectivity index (χ3v) is 7.90. The molecule has 4 rings (SSSR count). The molecule has 0 unspecified atom stereocenters. The first-order chi connectivity index (χ1) is 13.4. The Labute approximate surface area is 165 Å². The highest BCUT2D eigenvalue weighted by Gasteiger charge is 2.36. The second kappa shape index (κ2) is 7.46. The molecule has 0 saturated carbocycles. The van der Waals surface area contributed by atoms with Gasteiger partial charge in [0, 0.05) is 39.3 Å². The number of fused-ring (bicyclic) bond motifs is 1. The molecule has 1 aromatic carbocycles. The first-order valence-electron chi connectivity index (χ1n) is 9.83. The summed E-state index contributed by atoms with van der Waals surface area (Å²) >= 11 is 0. The molecule has 2 fully saturated rings. The van der Waals surface area contributed by atoms with E-state index in [0.29, 0.717) is 44.2 Å². The van der Waals surface area contributed by atoms with Gasteiger partial charge in [-0.15, -0.1) is 0 Å². The summed E-state index contributed by atoms with van der Waals surface area (Å²) in [6, 6.07) is 4.67. The van der Waals surface area contributed by atoms with Crippen LogP contribution in [0.25, 0.3) is 0 Å². The third-order valence-electron chi connectivity index (χ3n) is 6.01. The molecule has 0 spiro atoms. The summed E-state index contributed by atoms with van der Waals surface area (Å²) in [5, 5.41) is 2.63. The van der Waals surface area contributed by atoms with Crippen LogP contribution in [0.5, 0.6) is 0 Å². The van der Waals surface area contributed by atoms with E-state index in [-0.39, 0.29) is 11.9 Å². The van der Waals surface area contributed by atoms with E-state index in [2.05, 4.69) is 5.32 Å². The molecule has 1 N–H and O–H groups in total. The van der Waals surface area contributed by atoms with E-state index in [4.69, 9.17) is 0 Å². The number of imide groups is 1. The van der Waals surface area contributed by atoms with Gasteiger partial charge in [0.15, 0.2) is 0 Å². The summed E-state index contributed by atoms with van der Waals surface area (Å²) in [7, 11) is -3.53. The van der Waals surface area contributed by atoms with Gasteiger partial charge in [-0.3, -0.25) is 14.6 Å². The molecule has 0 radical (unpaired) electrons.